The minimum absolute atomic E-state index is 0.0974. The van der Waals surface area contributed by atoms with Crippen molar-refractivity contribution in [3.8, 4) is 17.4 Å². The van der Waals surface area contributed by atoms with Gasteiger partial charge in [-0.1, -0.05) is 0 Å². The summed E-state index contributed by atoms with van der Waals surface area (Å²) >= 11 is 0. The molecule has 0 saturated heterocycles. The van der Waals surface area contributed by atoms with Crippen LogP contribution in [0.5, 0.6) is 17.4 Å². The van der Waals surface area contributed by atoms with Crippen LogP contribution in [0.15, 0.2) is 30.7 Å². The van der Waals surface area contributed by atoms with Crippen LogP contribution < -0.4 is 15.2 Å². The topological polar surface area (TPSA) is 90.5 Å². The number of hydrogen-bond acceptors (Lipinski definition) is 5. The first kappa shape index (κ1) is 17.3. The van der Waals surface area contributed by atoms with Crippen LogP contribution in [0.4, 0.5) is 4.39 Å². The number of halogens is 1. The first-order valence-electron chi connectivity index (χ1n) is 8.61. The van der Waals surface area contributed by atoms with Gasteiger partial charge in [0, 0.05) is 28.2 Å². The highest BCUT2D eigenvalue weighted by Crippen LogP contribution is 2.34. The number of nitrogens with two attached hydrogens (primary N) is 1. The van der Waals surface area contributed by atoms with Crippen molar-refractivity contribution in [3.05, 3.63) is 47.8 Å². The van der Waals surface area contributed by atoms with Crippen molar-refractivity contribution < 1.29 is 13.9 Å². The Morgan fingerprint density at radius 3 is 2.89 bits per heavy atom. The van der Waals surface area contributed by atoms with E-state index in [-0.39, 0.29) is 17.7 Å². The molecule has 0 radical (unpaired) electrons. The van der Waals surface area contributed by atoms with Crippen LogP contribution in [0.1, 0.15) is 18.2 Å². The Kier molecular flexibility index (Phi) is 4.19. The van der Waals surface area contributed by atoms with Gasteiger partial charge in [-0.15, -0.1) is 0 Å². The fourth-order valence-electron chi connectivity index (χ4n) is 3.02. The molecular formula is C19H20FN5O2. The highest BCUT2D eigenvalue weighted by Gasteiger charge is 2.18. The molecule has 3 N–H and O–H groups in total. The third kappa shape index (κ3) is 3.08. The molecule has 1 unspecified atom stereocenters. The summed E-state index contributed by atoms with van der Waals surface area (Å²) in [5.41, 5.74) is 8.76. The predicted molar refractivity (Wildman–Crippen MR) is 99.9 cm³/mol. The van der Waals surface area contributed by atoms with Gasteiger partial charge in [0.15, 0.2) is 11.6 Å². The third-order valence-electron chi connectivity index (χ3n) is 4.29. The number of fused-ring (bicyclic) bond motifs is 2. The van der Waals surface area contributed by atoms with Gasteiger partial charge in [0.25, 0.3) is 0 Å². The quantitative estimate of drug-likeness (QED) is 0.562. The average Bonchev–Trinajstić information content (AvgIpc) is 3.16. The zero-order valence-corrected chi connectivity index (χ0v) is 15.3. The Morgan fingerprint density at radius 1 is 1.30 bits per heavy atom. The number of rotatable bonds is 5. The number of hydrogen-bond donors (Lipinski definition) is 2. The molecule has 0 aliphatic carbocycles. The Bertz CT molecular complexity index is 1130. The molecule has 0 amide bonds. The molecule has 4 aromatic rings. The van der Waals surface area contributed by atoms with Crippen LogP contribution >= 0.6 is 0 Å². The van der Waals surface area contributed by atoms with Crippen LogP contribution in [0.25, 0.3) is 16.4 Å². The van der Waals surface area contributed by atoms with Crippen molar-refractivity contribution in [2.75, 3.05) is 6.61 Å². The van der Waals surface area contributed by atoms with Crippen LogP contribution in [0, 0.1) is 19.7 Å². The summed E-state index contributed by atoms with van der Waals surface area (Å²) < 4.78 is 28.0. The average molecular weight is 369 g/mol. The van der Waals surface area contributed by atoms with Gasteiger partial charge in [-0.05, 0) is 39.0 Å². The van der Waals surface area contributed by atoms with Crippen LogP contribution in [-0.4, -0.2) is 32.2 Å². The monoisotopic (exact) mass is 369 g/mol. The summed E-state index contributed by atoms with van der Waals surface area (Å²) in [6.45, 7) is 5.99. The Balaban J connectivity index is 1.75. The zero-order valence-electron chi connectivity index (χ0n) is 15.3. The number of aromatic nitrogens is 4. The van der Waals surface area contributed by atoms with Crippen molar-refractivity contribution in [1.29, 1.82) is 0 Å². The van der Waals surface area contributed by atoms with Gasteiger partial charge in [0.2, 0.25) is 5.88 Å². The maximum atomic E-state index is 14.8. The van der Waals surface area contributed by atoms with Crippen molar-refractivity contribution in [2.45, 2.75) is 26.8 Å². The summed E-state index contributed by atoms with van der Waals surface area (Å²) in [4.78, 5) is 7.29. The second-order valence-electron chi connectivity index (χ2n) is 6.66. The van der Waals surface area contributed by atoms with Gasteiger partial charge in [-0.3, -0.25) is 0 Å². The molecule has 0 saturated carbocycles. The lowest BCUT2D eigenvalue weighted by Gasteiger charge is -2.09. The van der Waals surface area contributed by atoms with E-state index in [0.29, 0.717) is 23.3 Å². The summed E-state index contributed by atoms with van der Waals surface area (Å²) in [5.74, 6) is 0.547. The molecule has 7 nitrogen and oxygen atoms in total. The van der Waals surface area contributed by atoms with Crippen molar-refractivity contribution in [1.82, 2.24) is 19.6 Å². The molecule has 0 bridgehead atoms. The maximum Gasteiger partial charge on any atom is 0.247 e. The molecule has 0 aliphatic heterocycles. The first-order valence-corrected chi connectivity index (χ1v) is 8.61. The molecule has 0 spiro atoms. The van der Waals surface area contributed by atoms with E-state index in [2.05, 4.69) is 15.1 Å². The highest BCUT2D eigenvalue weighted by atomic mass is 19.1. The summed E-state index contributed by atoms with van der Waals surface area (Å²) in [6.07, 6.45) is 3.09. The van der Waals surface area contributed by atoms with Gasteiger partial charge in [-0.25, -0.2) is 8.91 Å². The van der Waals surface area contributed by atoms with Crippen LogP contribution in [-0.2, 0) is 0 Å². The Hall–Kier alpha value is -3.13. The van der Waals surface area contributed by atoms with Crippen LogP contribution in [0.2, 0.25) is 0 Å². The van der Waals surface area contributed by atoms with E-state index < -0.39 is 5.82 Å². The summed E-state index contributed by atoms with van der Waals surface area (Å²) in [7, 11) is 0. The van der Waals surface area contributed by atoms with Gasteiger partial charge < -0.3 is 20.2 Å². The van der Waals surface area contributed by atoms with E-state index in [4.69, 9.17) is 15.2 Å². The highest BCUT2D eigenvalue weighted by molar-refractivity contribution is 5.83. The lowest BCUT2D eigenvalue weighted by molar-refractivity contribution is 0.294. The molecule has 8 heteroatoms. The van der Waals surface area contributed by atoms with E-state index in [0.717, 1.165) is 16.8 Å². The van der Waals surface area contributed by atoms with Gasteiger partial charge in [0.1, 0.15) is 24.2 Å². The van der Waals surface area contributed by atoms with E-state index in [1.54, 1.807) is 28.9 Å². The smallest absolute Gasteiger partial charge is 0.247 e. The number of nitrogens with one attached hydrogen (secondary N) is 1. The molecule has 0 fully saturated rings. The number of ether oxygens (including phenoxy) is 2. The normalized spacial score (nSPS) is 12.6. The molecule has 140 valence electrons. The fraction of sp³-hybridized carbons (Fsp3) is 0.263. The van der Waals surface area contributed by atoms with E-state index in [9.17, 15) is 4.39 Å². The Labute approximate surface area is 154 Å². The molecule has 1 atom stereocenters. The number of benzene rings is 1. The largest absolute Gasteiger partial charge is 0.490 e. The standard InChI is InChI=1S/C19H20FN5O2/c1-10(21)8-26-16-7-25-18(12(16)3)19(22-9-23-25)27-15-5-4-14-13(17(15)20)6-11(2)24-14/h4-7,9-10,24H,8,21H2,1-3H3. The molecule has 3 heterocycles. The molecule has 27 heavy (non-hydrogen) atoms. The first-order chi connectivity index (χ1) is 12.9. The fourth-order valence-corrected chi connectivity index (χ4v) is 3.02. The van der Waals surface area contributed by atoms with E-state index in [1.165, 1.54) is 6.33 Å². The second-order valence-corrected chi connectivity index (χ2v) is 6.66. The van der Waals surface area contributed by atoms with E-state index in [1.807, 2.05) is 20.8 Å². The summed E-state index contributed by atoms with van der Waals surface area (Å²) in [5, 5.41) is 4.66. The van der Waals surface area contributed by atoms with E-state index >= 15 is 0 Å². The minimum Gasteiger partial charge on any atom is -0.490 e. The molecular weight excluding hydrogens is 349 g/mol. The SMILES string of the molecule is Cc1cc2c(F)c(Oc3ncnn4cc(OCC(C)N)c(C)c34)ccc2[nH]1. The van der Waals surface area contributed by atoms with Crippen molar-refractivity contribution in [3.63, 3.8) is 0 Å². The minimum atomic E-state index is -0.439. The van der Waals surface area contributed by atoms with Crippen molar-refractivity contribution >= 4 is 16.4 Å². The predicted octanol–water partition coefficient (Wildman–Crippen LogP) is 3.48. The van der Waals surface area contributed by atoms with Crippen LogP contribution in [0.3, 0.4) is 0 Å². The molecule has 4 rings (SSSR count). The number of H-pyrrole nitrogens is 1. The molecule has 0 aliphatic rings. The van der Waals surface area contributed by atoms with Crippen molar-refractivity contribution in [2.24, 2.45) is 5.73 Å². The lowest BCUT2D eigenvalue weighted by atomic mass is 10.2. The third-order valence-corrected chi connectivity index (χ3v) is 4.29. The molecule has 1 aromatic carbocycles. The number of aryl methyl sites for hydroxylation is 2. The summed E-state index contributed by atoms with van der Waals surface area (Å²) in [6, 6.07) is 5.01. The second kappa shape index (κ2) is 6.55. The number of aromatic amines is 1. The zero-order chi connectivity index (χ0) is 19.1. The van der Waals surface area contributed by atoms with Gasteiger partial charge in [0.05, 0.1) is 6.20 Å². The number of nitrogens with zero attached hydrogens (tertiary/aromatic N) is 3. The maximum absolute atomic E-state index is 14.8. The molecule has 3 aromatic heterocycles. The Morgan fingerprint density at radius 2 is 2.11 bits per heavy atom. The van der Waals surface area contributed by atoms with Gasteiger partial charge >= 0.3 is 0 Å². The van der Waals surface area contributed by atoms with Gasteiger partial charge in [-0.2, -0.15) is 10.1 Å². The lowest BCUT2D eigenvalue weighted by Crippen LogP contribution is -2.23.